The molecule has 1 heterocycles. The molecule has 1 saturated carbocycles. The molecular weight excluding hydrogens is 202 g/mol. The number of thioether (sulfide) groups is 1. The van der Waals surface area contributed by atoms with Crippen LogP contribution in [-0.2, 0) is 9.59 Å². The zero-order valence-electron chi connectivity index (χ0n) is 7.86. The van der Waals surface area contributed by atoms with Gasteiger partial charge in [0.15, 0.2) is 0 Å². The third-order valence-corrected chi connectivity index (χ3v) is 3.90. The minimum Gasteiger partial charge on any atom is -0.394 e. The summed E-state index contributed by atoms with van der Waals surface area (Å²) in [4.78, 5) is 24.5. The van der Waals surface area contributed by atoms with Gasteiger partial charge in [-0.15, -0.1) is 11.8 Å². The van der Waals surface area contributed by atoms with Crippen molar-refractivity contribution in [2.75, 3.05) is 18.1 Å². The fraction of sp³-hybridized carbons (Fsp3) is 0.778. The van der Waals surface area contributed by atoms with E-state index < -0.39 is 5.54 Å². The molecule has 2 amide bonds. The zero-order valence-corrected chi connectivity index (χ0v) is 8.68. The van der Waals surface area contributed by atoms with Crippen LogP contribution >= 0.6 is 11.8 Å². The van der Waals surface area contributed by atoms with Crippen molar-refractivity contribution in [3.05, 3.63) is 0 Å². The van der Waals surface area contributed by atoms with Gasteiger partial charge in [-0.2, -0.15) is 0 Å². The quantitative estimate of drug-likeness (QED) is 0.659. The van der Waals surface area contributed by atoms with Crippen LogP contribution in [0.4, 0.5) is 0 Å². The first-order valence-corrected chi connectivity index (χ1v) is 5.90. The molecule has 1 aliphatic heterocycles. The van der Waals surface area contributed by atoms with Gasteiger partial charge < -0.3 is 5.11 Å². The number of carbonyl (C=O) groups excluding carboxylic acids is 2. The lowest BCUT2D eigenvalue weighted by atomic mass is 9.75. The Balaban J connectivity index is 2.21. The Morgan fingerprint density at radius 2 is 1.86 bits per heavy atom. The number of amides is 2. The van der Waals surface area contributed by atoms with Crippen molar-refractivity contribution in [1.29, 1.82) is 0 Å². The molecule has 0 spiro atoms. The van der Waals surface area contributed by atoms with Crippen molar-refractivity contribution < 1.29 is 14.7 Å². The van der Waals surface area contributed by atoms with E-state index in [2.05, 4.69) is 0 Å². The molecule has 2 rings (SSSR count). The molecule has 5 heteroatoms. The number of aliphatic hydroxyl groups excluding tert-OH is 1. The van der Waals surface area contributed by atoms with Crippen LogP contribution in [0.25, 0.3) is 0 Å². The predicted molar refractivity (Wildman–Crippen MR) is 52.8 cm³/mol. The number of hydrogen-bond donors (Lipinski definition) is 1. The third-order valence-electron chi connectivity index (χ3n) is 3.00. The van der Waals surface area contributed by atoms with Crippen molar-refractivity contribution in [3.8, 4) is 0 Å². The van der Waals surface area contributed by atoms with Gasteiger partial charge in [-0.3, -0.25) is 14.5 Å². The van der Waals surface area contributed by atoms with Crippen molar-refractivity contribution in [2.45, 2.75) is 24.8 Å². The van der Waals surface area contributed by atoms with Crippen molar-refractivity contribution in [2.24, 2.45) is 0 Å². The number of carbonyl (C=O) groups is 2. The summed E-state index contributed by atoms with van der Waals surface area (Å²) < 4.78 is 0. The van der Waals surface area contributed by atoms with Gasteiger partial charge in [0.05, 0.1) is 23.7 Å². The van der Waals surface area contributed by atoms with E-state index in [9.17, 15) is 14.7 Å². The van der Waals surface area contributed by atoms with Gasteiger partial charge in [-0.1, -0.05) is 0 Å². The summed E-state index contributed by atoms with van der Waals surface area (Å²) in [5.74, 6) is 0.459. The van der Waals surface area contributed by atoms with Gasteiger partial charge in [0.25, 0.3) is 0 Å². The Hall–Kier alpha value is -0.550. The summed E-state index contributed by atoms with van der Waals surface area (Å²) in [7, 11) is 0. The molecule has 2 fully saturated rings. The zero-order chi connectivity index (χ0) is 10.2. The monoisotopic (exact) mass is 215 g/mol. The molecular formula is C9H13NO3S. The van der Waals surface area contributed by atoms with E-state index in [4.69, 9.17) is 0 Å². The Kier molecular flexibility index (Phi) is 2.53. The van der Waals surface area contributed by atoms with E-state index in [0.29, 0.717) is 11.5 Å². The summed E-state index contributed by atoms with van der Waals surface area (Å²) in [5.41, 5.74) is -0.546. The highest BCUT2D eigenvalue weighted by molar-refractivity contribution is 8.00. The van der Waals surface area contributed by atoms with Crippen LogP contribution in [0.3, 0.4) is 0 Å². The number of aliphatic hydroxyl groups is 1. The molecule has 0 aromatic heterocycles. The van der Waals surface area contributed by atoms with E-state index in [-0.39, 0.29) is 18.4 Å². The maximum atomic E-state index is 11.6. The molecule has 78 valence electrons. The normalized spacial score (nSPS) is 26.2. The molecule has 4 nitrogen and oxygen atoms in total. The van der Waals surface area contributed by atoms with Crippen molar-refractivity contribution >= 4 is 23.6 Å². The minimum atomic E-state index is -0.546. The van der Waals surface area contributed by atoms with Gasteiger partial charge in [-0.05, 0) is 19.3 Å². The minimum absolute atomic E-state index is 0.0881. The van der Waals surface area contributed by atoms with Crippen LogP contribution in [0, 0.1) is 0 Å². The van der Waals surface area contributed by atoms with Crippen LogP contribution in [0.15, 0.2) is 0 Å². The summed E-state index contributed by atoms with van der Waals surface area (Å²) in [6, 6.07) is 0. The maximum absolute atomic E-state index is 11.6. The van der Waals surface area contributed by atoms with Gasteiger partial charge in [0.1, 0.15) is 0 Å². The Morgan fingerprint density at radius 1 is 1.29 bits per heavy atom. The maximum Gasteiger partial charge on any atom is 0.239 e. The molecule has 0 unspecified atom stereocenters. The number of imide groups is 1. The SMILES string of the molecule is O=C1CSCC(=O)N1C1(CO)CCC1. The number of nitrogens with zero attached hydrogens (tertiary/aromatic N) is 1. The first-order valence-electron chi connectivity index (χ1n) is 4.74. The Morgan fingerprint density at radius 3 is 2.21 bits per heavy atom. The van der Waals surface area contributed by atoms with Gasteiger partial charge >= 0.3 is 0 Å². The van der Waals surface area contributed by atoms with E-state index in [1.165, 1.54) is 16.7 Å². The highest BCUT2D eigenvalue weighted by atomic mass is 32.2. The van der Waals surface area contributed by atoms with Gasteiger partial charge in [0, 0.05) is 0 Å². The summed E-state index contributed by atoms with van der Waals surface area (Å²) >= 11 is 1.35. The van der Waals surface area contributed by atoms with Gasteiger partial charge in [0.2, 0.25) is 11.8 Å². The summed E-state index contributed by atoms with van der Waals surface area (Å²) in [6.45, 7) is -0.0881. The second-order valence-corrected chi connectivity index (χ2v) is 4.84. The third kappa shape index (κ3) is 1.35. The largest absolute Gasteiger partial charge is 0.394 e. The van der Waals surface area contributed by atoms with E-state index >= 15 is 0 Å². The number of hydrogen-bond acceptors (Lipinski definition) is 4. The van der Waals surface area contributed by atoms with Crippen LogP contribution < -0.4 is 0 Å². The van der Waals surface area contributed by atoms with Crippen LogP contribution in [-0.4, -0.2) is 45.5 Å². The summed E-state index contributed by atoms with van der Waals surface area (Å²) in [5, 5.41) is 9.27. The average Bonchev–Trinajstić information content (AvgIpc) is 2.08. The molecule has 0 aromatic rings. The number of rotatable bonds is 2. The lowest BCUT2D eigenvalue weighted by Crippen LogP contribution is -2.63. The van der Waals surface area contributed by atoms with E-state index in [1.807, 2.05) is 0 Å². The van der Waals surface area contributed by atoms with E-state index in [0.717, 1.165) is 19.3 Å². The van der Waals surface area contributed by atoms with Crippen molar-refractivity contribution in [1.82, 2.24) is 4.90 Å². The standard InChI is InChI=1S/C9H13NO3S/c11-6-9(2-1-3-9)10-7(12)4-14-5-8(10)13/h11H,1-6H2. The molecule has 0 bridgehead atoms. The smallest absolute Gasteiger partial charge is 0.239 e. The predicted octanol–water partition coefficient (Wildman–Crippen LogP) is 0.00340. The topological polar surface area (TPSA) is 57.6 Å². The molecule has 14 heavy (non-hydrogen) atoms. The summed E-state index contributed by atoms with van der Waals surface area (Å²) in [6.07, 6.45) is 2.50. The Labute approximate surface area is 86.6 Å². The van der Waals surface area contributed by atoms with Crippen LogP contribution in [0.1, 0.15) is 19.3 Å². The lowest BCUT2D eigenvalue weighted by molar-refractivity contribution is -0.156. The molecule has 1 aliphatic carbocycles. The van der Waals surface area contributed by atoms with Crippen LogP contribution in [0.2, 0.25) is 0 Å². The molecule has 0 aromatic carbocycles. The molecule has 1 saturated heterocycles. The fourth-order valence-corrected chi connectivity index (χ4v) is 2.77. The molecule has 0 atom stereocenters. The van der Waals surface area contributed by atoms with E-state index in [1.54, 1.807) is 0 Å². The Bertz CT molecular complexity index is 254. The highest BCUT2D eigenvalue weighted by Gasteiger charge is 2.48. The second kappa shape index (κ2) is 3.55. The lowest BCUT2D eigenvalue weighted by Gasteiger charge is -2.48. The van der Waals surface area contributed by atoms with Gasteiger partial charge in [-0.25, -0.2) is 0 Å². The second-order valence-electron chi connectivity index (χ2n) is 3.85. The molecule has 0 radical (unpaired) electrons. The van der Waals surface area contributed by atoms with Crippen LogP contribution in [0.5, 0.6) is 0 Å². The molecule has 1 N–H and O–H groups in total. The van der Waals surface area contributed by atoms with Crippen molar-refractivity contribution in [3.63, 3.8) is 0 Å². The highest BCUT2D eigenvalue weighted by Crippen LogP contribution is 2.39. The average molecular weight is 215 g/mol. The fourth-order valence-electron chi connectivity index (χ4n) is 2.06. The first-order chi connectivity index (χ1) is 6.69. The molecule has 2 aliphatic rings. The first kappa shape index (κ1) is 9.98.